The fraction of sp³-hybridized carbons (Fsp3) is 0.500. The van der Waals surface area contributed by atoms with Crippen LogP contribution in [0, 0.1) is 5.92 Å². The fourth-order valence-corrected chi connectivity index (χ4v) is 2.52. The van der Waals surface area contributed by atoms with Crippen molar-refractivity contribution >= 4 is 29.0 Å². The fourth-order valence-electron chi connectivity index (χ4n) is 1.48. The van der Waals surface area contributed by atoms with Gasteiger partial charge in [-0.25, -0.2) is 0 Å². The minimum Gasteiger partial charge on any atom is -0.494 e. The minimum absolute atomic E-state index is 0.0168. The Morgan fingerprint density at radius 2 is 2.21 bits per heavy atom. The van der Waals surface area contributed by atoms with Crippen LogP contribution >= 0.6 is 11.8 Å². The molecule has 1 aromatic carbocycles. The quantitative estimate of drug-likeness (QED) is 0.596. The van der Waals surface area contributed by atoms with Gasteiger partial charge in [0.15, 0.2) is 0 Å². The molecule has 0 aliphatic carbocycles. The number of carbonyl (C=O) groups is 1. The molecular formula is C14H22N2O2S. The molecule has 0 aliphatic rings. The molecule has 0 fully saturated rings. The van der Waals surface area contributed by atoms with Crippen LogP contribution < -0.4 is 15.8 Å². The SMILES string of the molecule is COc1cc(N)ccc1NC(=O)CSCCC(C)C. The Labute approximate surface area is 119 Å². The molecule has 5 heteroatoms. The number of anilines is 2. The molecule has 3 N–H and O–H groups in total. The predicted molar refractivity (Wildman–Crippen MR) is 82.8 cm³/mol. The molecular weight excluding hydrogens is 260 g/mol. The Balaban J connectivity index is 2.44. The molecule has 0 spiro atoms. The predicted octanol–water partition coefficient (Wildman–Crippen LogP) is 3.00. The number of nitrogens with two attached hydrogens (primary N) is 1. The number of rotatable bonds is 7. The molecule has 0 aliphatic heterocycles. The number of hydrogen-bond acceptors (Lipinski definition) is 4. The lowest BCUT2D eigenvalue weighted by Crippen LogP contribution is -2.15. The Bertz CT molecular complexity index is 422. The highest BCUT2D eigenvalue weighted by molar-refractivity contribution is 7.99. The molecule has 0 aromatic heterocycles. The van der Waals surface area contributed by atoms with Gasteiger partial charge in [-0.3, -0.25) is 4.79 Å². The van der Waals surface area contributed by atoms with Crippen molar-refractivity contribution in [2.24, 2.45) is 5.92 Å². The van der Waals surface area contributed by atoms with Crippen LogP contribution in [0.1, 0.15) is 20.3 Å². The average Bonchev–Trinajstić information content (AvgIpc) is 2.36. The summed E-state index contributed by atoms with van der Waals surface area (Å²) in [5.41, 5.74) is 6.93. The lowest BCUT2D eigenvalue weighted by Gasteiger charge is -2.11. The highest BCUT2D eigenvalue weighted by Crippen LogP contribution is 2.26. The Hall–Kier alpha value is -1.36. The van der Waals surface area contributed by atoms with E-state index < -0.39 is 0 Å². The summed E-state index contributed by atoms with van der Waals surface area (Å²) < 4.78 is 5.18. The summed E-state index contributed by atoms with van der Waals surface area (Å²) in [4.78, 5) is 11.8. The van der Waals surface area contributed by atoms with Crippen LogP contribution in [-0.2, 0) is 4.79 Å². The monoisotopic (exact) mass is 282 g/mol. The molecule has 0 radical (unpaired) electrons. The number of amides is 1. The largest absolute Gasteiger partial charge is 0.494 e. The molecule has 0 unspecified atom stereocenters. The van der Waals surface area contributed by atoms with Gasteiger partial charge in [0.05, 0.1) is 18.6 Å². The molecule has 0 saturated carbocycles. The summed E-state index contributed by atoms with van der Waals surface area (Å²) in [6.07, 6.45) is 1.13. The lowest BCUT2D eigenvalue weighted by atomic mass is 10.2. The van der Waals surface area contributed by atoms with Crippen LogP contribution in [0.3, 0.4) is 0 Å². The van der Waals surface area contributed by atoms with E-state index in [1.54, 1.807) is 37.1 Å². The van der Waals surface area contributed by atoms with Crippen LogP contribution in [0.15, 0.2) is 18.2 Å². The number of hydrogen-bond donors (Lipinski definition) is 2. The van der Waals surface area contributed by atoms with Crippen molar-refractivity contribution in [3.8, 4) is 5.75 Å². The highest BCUT2D eigenvalue weighted by atomic mass is 32.2. The first kappa shape index (κ1) is 15.7. The molecule has 1 aromatic rings. The third-order valence-electron chi connectivity index (χ3n) is 2.57. The van der Waals surface area contributed by atoms with E-state index in [1.807, 2.05) is 0 Å². The normalized spacial score (nSPS) is 10.5. The van der Waals surface area contributed by atoms with Gasteiger partial charge in [0.1, 0.15) is 5.75 Å². The maximum atomic E-state index is 11.8. The van der Waals surface area contributed by atoms with Crippen molar-refractivity contribution in [3.63, 3.8) is 0 Å². The first-order valence-corrected chi connectivity index (χ1v) is 7.49. The van der Waals surface area contributed by atoms with Crippen LogP contribution in [0.4, 0.5) is 11.4 Å². The van der Waals surface area contributed by atoms with Crippen molar-refractivity contribution in [2.45, 2.75) is 20.3 Å². The number of carbonyl (C=O) groups excluding carboxylic acids is 1. The molecule has 0 atom stereocenters. The van der Waals surface area contributed by atoms with Crippen molar-refractivity contribution in [1.82, 2.24) is 0 Å². The van der Waals surface area contributed by atoms with Crippen molar-refractivity contribution < 1.29 is 9.53 Å². The van der Waals surface area contributed by atoms with Gasteiger partial charge in [0.25, 0.3) is 0 Å². The summed E-state index contributed by atoms with van der Waals surface area (Å²) in [6, 6.07) is 5.19. The number of ether oxygens (including phenoxy) is 1. The summed E-state index contributed by atoms with van der Waals surface area (Å²) in [6.45, 7) is 4.36. The van der Waals surface area contributed by atoms with Gasteiger partial charge in [-0.2, -0.15) is 11.8 Å². The molecule has 106 valence electrons. The van der Waals surface area contributed by atoms with Crippen molar-refractivity contribution in [2.75, 3.05) is 29.7 Å². The molecule has 1 amide bonds. The second-order valence-corrected chi connectivity index (χ2v) is 5.85. The van der Waals surface area contributed by atoms with Crippen molar-refractivity contribution in [3.05, 3.63) is 18.2 Å². The van der Waals surface area contributed by atoms with E-state index in [-0.39, 0.29) is 5.91 Å². The number of benzene rings is 1. The number of methoxy groups -OCH3 is 1. The van der Waals surface area contributed by atoms with E-state index in [9.17, 15) is 4.79 Å². The molecule has 1 rings (SSSR count). The average molecular weight is 282 g/mol. The third kappa shape index (κ3) is 5.87. The molecule has 0 saturated heterocycles. The van der Waals surface area contributed by atoms with E-state index in [0.29, 0.717) is 28.8 Å². The summed E-state index contributed by atoms with van der Waals surface area (Å²) in [7, 11) is 1.56. The van der Waals surface area contributed by atoms with E-state index >= 15 is 0 Å². The smallest absolute Gasteiger partial charge is 0.234 e. The molecule has 19 heavy (non-hydrogen) atoms. The van der Waals surface area contributed by atoms with Crippen LogP contribution in [-0.4, -0.2) is 24.5 Å². The van der Waals surface area contributed by atoms with Crippen LogP contribution in [0.2, 0.25) is 0 Å². The first-order valence-electron chi connectivity index (χ1n) is 6.34. The van der Waals surface area contributed by atoms with Gasteiger partial charge in [-0.15, -0.1) is 0 Å². The van der Waals surface area contributed by atoms with E-state index in [2.05, 4.69) is 19.2 Å². The maximum Gasteiger partial charge on any atom is 0.234 e. The maximum absolute atomic E-state index is 11.8. The van der Waals surface area contributed by atoms with Gasteiger partial charge in [0, 0.05) is 11.8 Å². The summed E-state index contributed by atoms with van der Waals surface area (Å²) in [5.74, 6) is 2.70. The number of nitrogen functional groups attached to an aromatic ring is 1. The molecule has 4 nitrogen and oxygen atoms in total. The van der Waals surface area contributed by atoms with Gasteiger partial charge < -0.3 is 15.8 Å². The van der Waals surface area contributed by atoms with E-state index in [1.165, 1.54) is 0 Å². The highest BCUT2D eigenvalue weighted by Gasteiger charge is 2.08. The van der Waals surface area contributed by atoms with Gasteiger partial charge >= 0.3 is 0 Å². The van der Waals surface area contributed by atoms with Crippen LogP contribution in [0.25, 0.3) is 0 Å². The lowest BCUT2D eigenvalue weighted by molar-refractivity contribution is -0.113. The zero-order valence-corrected chi connectivity index (χ0v) is 12.5. The topological polar surface area (TPSA) is 64.3 Å². The second-order valence-electron chi connectivity index (χ2n) is 4.74. The third-order valence-corrected chi connectivity index (χ3v) is 3.56. The van der Waals surface area contributed by atoms with E-state index in [4.69, 9.17) is 10.5 Å². The number of thioether (sulfide) groups is 1. The Morgan fingerprint density at radius 1 is 1.47 bits per heavy atom. The van der Waals surface area contributed by atoms with Gasteiger partial charge in [-0.1, -0.05) is 13.8 Å². The van der Waals surface area contributed by atoms with Gasteiger partial charge in [-0.05, 0) is 30.2 Å². The molecule has 0 heterocycles. The Morgan fingerprint density at radius 3 is 2.84 bits per heavy atom. The Kier molecular flexibility index (Phi) is 6.56. The number of nitrogens with one attached hydrogen (secondary N) is 1. The van der Waals surface area contributed by atoms with Crippen LogP contribution in [0.5, 0.6) is 5.75 Å². The zero-order chi connectivity index (χ0) is 14.3. The van der Waals surface area contributed by atoms with Crippen molar-refractivity contribution in [1.29, 1.82) is 0 Å². The van der Waals surface area contributed by atoms with Gasteiger partial charge in [0.2, 0.25) is 5.91 Å². The molecule has 0 bridgehead atoms. The zero-order valence-electron chi connectivity index (χ0n) is 11.7. The summed E-state index contributed by atoms with van der Waals surface area (Å²) >= 11 is 1.65. The van der Waals surface area contributed by atoms with E-state index in [0.717, 1.165) is 12.2 Å². The second kappa shape index (κ2) is 7.94. The minimum atomic E-state index is -0.0168. The summed E-state index contributed by atoms with van der Waals surface area (Å²) in [5, 5.41) is 2.84. The standard InChI is InChI=1S/C14H22N2O2S/c1-10(2)6-7-19-9-14(17)16-12-5-4-11(15)8-13(12)18-3/h4-5,8,10H,6-7,9,15H2,1-3H3,(H,16,17). The first-order chi connectivity index (χ1) is 9.02.